The van der Waals surface area contributed by atoms with Gasteiger partial charge in [0.1, 0.15) is 0 Å². The Kier molecular flexibility index (Phi) is 6.89. The summed E-state index contributed by atoms with van der Waals surface area (Å²) in [5.41, 5.74) is 7.17. The van der Waals surface area contributed by atoms with Crippen LogP contribution in [0.3, 0.4) is 0 Å². The Hall–Kier alpha value is -1.06. The van der Waals surface area contributed by atoms with Crippen LogP contribution in [0.15, 0.2) is 18.2 Å². The molecule has 0 saturated heterocycles. The number of halogens is 1. The van der Waals surface area contributed by atoms with E-state index in [9.17, 15) is 4.79 Å². The summed E-state index contributed by atoms with van der Waals surface area (Å²) < 4.78 is 0. The standard InChI is InChI=1S/C15H23ClN2O/c1-3-4-9-18(10-5-8-17)15(19)13-7-6-12(2)11-14(13)16/h6-7,11H,3-5,8-10,17H2,1-2H3. The number of benzene rings is 1. The van der Waals surface area contributed by atoms with Crippen molar-refractivity contribution in [2.75, 3.05) is 19.6 Å². The number of unbranched alkanes of at least 4 members (excludes halogenated alkanes) is 1. The van der Waals surface area contributed by atoms with Gasteiger partial charge >= 0.3 is 0 Å². The van der Waals surface area contributed by atoms with Gasteiger partial charge in [0.2, 0.25) is 0 Å². The maximum atomic E-state index is 12.5. The summed E-state index contributed by atoms with van der Waals surface area (Å²) in [5.74, 6) is 0.00639. The molecule has 106 valence electrons. The van der Waals surface area contributed by atoms with E-state index in [1.54, 1.807) is 6.07 Å². The highest BCUT2D eigenvalue weighted by molar-refractivity contribution is 6.33. The molecule has 1 rings (SSSR count). The molecule has 0 atom stereocenters. The second kappa shape index (κ2) is 8.18. The number of hydrogen-bond donors (Lipinski definition) is 1. The summed E-state index contributed by atoms with van der Waals surface area (Å²) in [4.78, 5) is 14.3. The lowest BCUT2D eigenvalue weighted by Crippen LogP contribution is -2.34. The van der Waals surface area contributed by atoms with Crippen LogP contribution in [-0.2, 0) is 0 Å². The lowest BCUT2D eigenvalue weighted by molar-refractivity contribution is 0.0752. The fourth-order valence-corrected chi connectivity index (χ4v) is 2.23. The number of nitrogens with two attached hydrogens (primary N) is 1. The predicted molar refractivity (Wildman–Crippen MR) is 80.7 cm³/mol. The number of nitrogens with zero attached hydrogens (tertiary/aromatic N) is 1. The summed E-state index contributed by atoms with van der Waals surface area (Å²) in [6, 6.07) is 5.55. The first-order valence-electron chi connectivity index (χ1n) is 6.85. The minimum absolute atomic E-state index is 0.00639. The molecule has 1 aromatic carbocycles. The lowest BCUT2D eigenvalue weighted by atomic mass is 10.1. The van der Waals surface area contributed by atoms with Crippen LogP contribution in [-0.4, -0.2) is 30.4 Å². The van der Waals surface area contributed by atoms with Crippen LogP contribution in [0.25, 0.3) is 0 Å². The lowest BCUT2D eigenvalue weighted by Gasteiger charge is -2.23. The fourth-order valence-electron chi connectivity index (χ4n) is 1.91. The zero-order valence-electron chi connectivity index (χ0n) is 11.8. The number of amides is 1. The molecule has 0 radical (unpaired) electrons. The molecular formula is C15H23ClN2O. The molecule has 1 amide bonds. The molecule has 0 fully saturated rings. The van der Waals surface area contributed by atoms with Gasteiger partial charge in [-0.05, 0) is 44.0 Å². The van der Waals surface area contributed by atoms with Gasteiger partial charge in [0, 0.05) is 13.1 Å². The smallest absolute Gasteiger partial charge is 0.255 e. The Morgan fingerprint density at radius 3 is 2.58 bits per heavy atom. The van der Waals surface area contributed by atoms with E-state index in [0.29, 0.717) is 23.7 Å². The number of carbonyl (C=O) groups excluding carboxylic acids is 1. The summed E-state index contributed by atoms with van der Waals surface area (Å²) in [5, 5.41) is 0.527. The minimum atomic E-state index is 0.00639. The third-order valence-electron chi connectivity index (χ3n) is 3.06. The molecule has 0 unspecified atom stereocenters. The topological polar surface area (TPSA) is 46.3 Å². The summed E-state index contributed by atoms with van der Waals surface area (Å²) in [7, 11) is 0. The van der Waals surface area contributed by atoms with Crippen LogP contribution >= 0.6 is 11.6 Å². The van der Waals surface area contributed by atoms with Crippen LogP contribution < -0.4 is 5.73 Å². The van der Waals surface area contributed by atoms with Crippen LogP contribution in [0.4, 0.5) is 0 Å². The third kappa shape index (κ3) is 4.84. The highest BCUT2D eigenvalue weighted by Gasteiger charge is 2.17. The van der Waals surface area contributed by atoms with Crippen molar-refractivity contribution in [1.29, 1.82) is 0 Å². The molecule has 2 N–H and O–H groups in total. The first-order chi connectivity index (χ1) is 9.10. The molecule has 19 heavy (non-hydrogen) atoms. The van der Waals surface area contributed by atoms with E-state index in [-0.39, 0.29) is 5.91 Å². The van der Waals surface area contributed by atoms with E-state index in [4.69, 9.17) is 17.3 Å². The molecule has 0 aliphatic rings. The Morgan fingerprint density at radius 1 is 1.32 bits per heavy atom. The first-order valence-corrected chi connectivity index (χ1v) is 7.23. The second-order valence-corrected chi connectivity index (χ2v) is 5.18. The maximum Gasteiger partial charge on any atom is 0.255 e. The van der Waals surface area contributed by atoms with Gasteiger partial charge in [0.25, 0.3) is 5.91 Å². The highest BCUT2D eigenvalue weighted by Crippen LogP contribution is 2.19. The number of carbonyl (C=O) groups is 1. The molecular weight excluding hydrogens is 260 g/mol. The van der Waals surface area contributed by atoms with Crippen LogP contribution in [0.1, 0.15) is 42.1 Å². The normalized spacial score (nSPS) is 10.5. The number of hydrogen-bond acceptors (Lipinski definition) is 2. The quantitative estimate of drug-likeness (QED) is 0.834. The van der Waals surface area contributed by atoms with Gasteiger partial charge in [-0.25, -0.2) is 0 Å². The molecule has 0 saturated carbocycles. The van der Waals surface area contributed by atoms with Gasteiger partial charge in [-0.1, -0.05) is 31.0 Å². The van der Waals surface area contributed by atoms with Gasteiger partial charge in [-0.3, -0.25) is 4.79 Å². The van der Waals surface area contributed by atoms with Crippen LogP contribution in [0.2, 0.25) is 5.02 Å². The fraction of sp³-hybridized carbons (Fsp3) is 0.533. The molecule has 0 aromatic heterocycles. The molecule has 4 heteroatoms. The average Bonchev–Trinajstić information content (AvgIpc) is 2.38. The van der Waals surface area contributed by atoms with Gasteiger partial charge < -0.3 is 10.6 Å². The summed E-state index contributed by atoms with van der Waals surface area (Å²) in [6.45, 7) is 6.13. The van der Waals surface area contributed by atoms with E-state index < -0.39 is 0 Å². The van der Waals surface area contributed by atoms with Crippen molar-refractivity contribution < 1.29 is 4.79 Å². The number of aryl methyl sites for hydroxylation is 1. The van der Waals surface area contributed by atoms with Gasteiger partial charge in [-0.15, -0.1) is 0 Å². The monoisotopic (exact) mass is 282 g/mol. The van der Waals surface area contributed by atoms with Crippen molar-refractivity contribution in [3.05, 3.63) is 34.3 Å². The second-order valence-electron chi connectivity index (χ2n) is 4.77. The minimum Gasteiger partial charge on any atom is -0.339 e. The number of rotatable bonds is 7. The molecule has 0 bridgehead atoms. The van der Waals surface area contributed by atoms with E-state index >= 15 is 0 Å². The highest BCUT2D eigenvalue weighted by atomic mass is 35.5. The molecule has 0 spiro atoms. The Labute approximate surface area is 120 Å². The Bertz CT molecular complexity index is 413. The molecule has 0 aliphatic heterocycles. The van der Waals surface area contributed by atoms with E-state index in [2.05, 4.69) is 6.92 Å². The molecule has 3 nitrogen and oxygen atoms in total. The predicted octanol–water partition coefficient (Wildman–Crippen LogP) is 3.24. The zero-order valence-corrected chi connectivity index (χ0v) is 12.5. The van der Waals surface area contributed by atoms with E-state index in [0.717, 1.165) is 31.4 Å². The van der Waals surface area contributed by atoms with E-state index in [1.807, 2.05) is 24.0 Å². The molecule has 1 aromatic rings. The largest absolute Gasteiger partial charge is 0.339 e. The van der Waals surface area contributed by atoms with Gasteiger partial charge in [0.15, 0.2) is 0 Å². The van der Waals surface area contributed by atoms with Gasteiger partial charge in [0.05, 0.1) is 10.6 Å². The SMILES string of the molecule is CCCCN(CCCN)C(=O)c1ccc(C)cc1Cl. The molecule has 0 heterocycles. The maximum absolute atomic E-state index is 12.5. The van der Waals surface area contributed by atoms with Crippen molar-refractivity contribution >= 4 is 17.5 Å². The van der Waals surface area contributed by atoms with E-state index in [1.165, 1.54) is 0 Å². The van der Waals surface area contributed by atoms with Crippen LogP contribution in [0, 0.1) is 6.92 Å². The van der Waals surface area contributed by atoms with Crippen molar-refractivity contribution in [2.24, 2.45) is 5.73 Å². The van der Waals surface area contributed by atoms with Crippen molar-refractivity contribution in [2.45, 2.75) is 33.1 Å². The third-order valence-corrected chi connectivity index (χ3v) is 3.37. The first kappa shape index (κ1) is 16.0. The van der Waals surface area contributed by atoms with Crippen molar-refractivity contribution in [3.8, 4) is 0 Å². The van der Waals surface area contributed by atoms with Crippen LogP contribution in [0.5, 0.6) is 0 Å². The Morgan fingerprint density at radius 2 is 2.00 bits per heavy atom. The summed E-state index contributed by atoms with van der Waals surface area (Å²) >= 11 is 6.16. The van der Waals surface area contributed by atoms with Crippen molar-refractivity contribution in [1.82, 2.24) is 4.90 Å². The zero-order chi connectivity index (χ0) is 14.3. The van der Waals surface area contributed by atoms with Gasteiger partial charge in [-0.2, -0.15) is 0 Å². The van der Waals surface area contributed by atoms with Crippen molar-refractivity contribution in [3.63, 3.8) is 0 Å². The average molecular weight is 283 g/mol. The molecule has 0 aliphatic carbocycles. The summed E-state index contributed by atoms with van der Waals surface area (Å²) in [6.07, 6.45) is 2.88. The Balaban J connectivity index is 2.84.